The van der Waals surface area contributed by atoms with Gasteiger partial charge < -0.3 is 19.2 Å². The van der Waals surface area contributed by atoms with Gasteiger partial charge in [-0.1, -0.05) is 35.6 Å². The maximum Gasteiger partial charge on any atom is 0.338 e. The molecule has 9 heteroatoms. The molecule has 1 N–H and O–H groups in total. The van der Waals surface area contributed by atoms with Crippen LogP contribution in [0.3, 0.4) is 0 Å². The molecule has 0 fully saturated rings. The summed E-state index contributed by atoms with van der Waals surface area (Å²) in [6, 6.07) is 12.8. The molecule has 0 amide bonds. The third-order valence-corrected chi connectivity index (χ3v) is 7.60. The van der Waals surface area contributed by atoms with Crippen molar-refractivity contribution in [3.63, 3.8) is 0 Å². The fraction of sp³-hybridized carbons (Fsp3) is 0.300. The Morgan fingerprint density at radius 1 is 1.05 bits per heavy atom. The van der Waals surface area contributed by atoms with Crippen LogP contribution in [0.4, 0.5) is 0 Å². The van der Waals surface area contributed by atoms with Gasteiger partial charge in [0.2, 0.25) is 0 Å². The van der Waals surface area contributed by atoms with Crippen LogP contribution in [0.1, 0.15) is 50.6 Å². The van der Waals surface area contributed by atoms with Crippen LogP contribution >= 0.6 is 11.3 Å². The number of rotatable bonds is 8. The Hall–Kier alpha value is -4.11. The van der Waals surface area contributed by atoms with Crippen LogP contribution in [-0.4, -0.2) is 35.3 Å². The first-order chi connectivity index (χ1) is 18.9. The average molecular weight is 546 g/mol. The van der Waals surface area contributed by atoms with Crippen molar-refractivity contribution in [2.45, 2.75) is 40.7 Å². The van der Waals surface area contributed by atoms with Crippen molar-refractivity contribution in [2.24, 2.45) is 4.99 Å². The van der Waals surface area contributed by atoms with Crippen LogP contribution in [0.15, 0.2) is 63.5 Å². The molecular formula is C30H31N3O5S. The van der Waals surface area contributed by atoms with Gasteiger partial charge in [-0.25, -0.2) is 9.79 Å². The second-order valence-electron chi connectivity index (χ2n) is 9.08. The number of ether oxygens (including phenoxy) is 3. The Bertz CT molecular complexity index is 1780. The number of hydrogen-bond acceptors (Lipinski definition) is 7. The molecule has 0 spiro atoms. The molecule has 1 atom stereocenters. The SMILES string of the molecule is CCOC(=O)C1=C(C)N=c2s/c(=C\c3c(C)[nH]c4ccccc34)c(=O)n2C1c1ccc(OCC)c(OCC)c1. The number of aromatic amines is 1. The van der Waals surface area contributed by atoms with Gasteiger partial charge in [-0.15, -0.1) is 0 Å². The second kappa shape index (κ2) is 10.9. The second-order valence-corrected chi connectivity index (χ2v) is 10.1. The van der Waals surface area contributed by atoms with Gasteiger partial charge in [-0.3, -0.25) is 9.36 Å². The summed E-state index contributed by atoms with van der Waals surface area (Å²) in [4.78, 5) is 35.8. The van der Waals surface area contributed by atoms with Crippen LogP contribution in [0.5, 0.6) is 11.5 Å². The van der Waals surface area contributed by atoms with E-state index in [0.717, 1.165) is 22.2 Å². The van der Waals surface area contributed by atoms with Crippen LogP contribution in [0.2, 0.25) is 0 Å². The van der Waals surface area contributed by atoms with Crippen molar-refractivity contribution in [1.29, 1.82) is 0 Å². The van der Waals surface area contributed by atoms with Crippen LogP contribution in [0, 0.1) is 6.92 Å². The molecule has 4 aromatic rings. The molecule has 0 saturated heterocycles. The van der Waals surface area contributed by atoms with E-state index >= 15 is 0 Å². The van der Waals surface area contributed by atoms with E-state index < -0.39 is 12.0 Å². The first-order valence-corrected chi connectivity index (χ1v) is 13.9. The minimum atomic E-state index is -0.735. The van der Waals surface area contributed by atoms with Crippen molar-refractivity contribution in [3.8, 4) is 11.5 Å². The van der Waals surface area contributed by atoms with Gasteiger partial charge in [-0.05, 0) is 64.5 Å². The fourth-order valence-corrected chi connectivity index (χ4v) is 5.99. The van der Waals surface area contributed by atoms with Crippen molar-refractivity contribution in [3.05, 3.63) is 90.2 Å². The van der Waals surface area contributed by atoms with Crippen molar-refractivity contribution in [1.82, 2.24) is 9.55 Å². The first kappa shape index (κ1) is 26.5. The van der Waals surface area contributed by atoms with Gasteiger partial charge in [0.25, 0.3) is 5.56 Å². The molecule has 202 valence electrons. The lowest BCUT2D eigenvalue weighted by atomic mass is 9.95. The minimum Gasteiger partial charge on any atom is -0.490 e. The molecular weight excluding hydrogens is 514 g/mol. The number of nitrogens with zero attached hydrogens (tertiary/aromatic N) is 2. The molecule has 2 aromatic heterocycles. The lowest BCUT2D eigenvalue weighted by Gasteiger charge is -2.25. The molecule has 1 unspecified atom stereocenters. The quantitative estimate of drug-likeness (QED) is 0.332. The molecule has 8 nitrogen and oxygen atoms in total. The van der Waals surface area contributed by atoms with Gasteiger partial charge in [0.05, 0.1) is 41.7 Å². The van der Waals surface area contributed by atoms with Gasteiger partial charge in [0.1, 0.15) is 0 Å². The number of nitrogens with one attached hydrogen (secondary N) is 1. The molecule has 0 radical (unpaired) electrons. The third kappa shape index (κ3) is 4.78. The molecule has 5 rings (SSSR count). The van der Waals surface area contributed by atoms with E-state index in [1.807, 2.05) is 69.3 Å². The molecule has 0 aliphatic carbocycles. The maximum atomic E-state index is 14.0. The predicted octanol–water partition coefficient (Wildman–Crippen LogP) is 4.39. The normalized spacial score (nSPS) is 15.3. The number of hydrogen-bond donors (Lipinski definition) is 1. The van der Waals surface area contributed by atoms with Gasteiger partial charge in [-0.2, -0.15) is 0 Å². The van der Waals surface area contributed by atoms with Gasteiger partial charge in [0, 0.05) is 22.2 Å². The summed E-state index contributed by atoms with van der Waals surface area (Å²) in [5.74, 6) is 0.646. The smallest absolute Gasteiger partial charge is 0.338 e. The van der Waals surface area contributed by atoms with E-state index in [1.54, 1.807) is 18.4 Å². The first-order valence-electron chi connectivity index (χ1n) is 13.0. The minimum absolute atomic E-state index is 0.208. The number of H-pyrrole nitrogens is 1. The number of fused-ring (bicyclic) bond motifs is 2. The van der Waals surface area contributed by atoms with E-state index in [2.05, 4.69) is 9.98 Å². The van der Waals surface area contributed by atoms with Crippen molar-refractivity contribution >= 4 is 34.3 Å². The lowest BCUT2D eigenvalue weighted by Crippen LogP contribution is -2.40. The number of thiazole rings is 1. The Kier molecular flexibility index (Phi) is 7.43. The van der Waals surface area contributed by atoms with Gasteiger partial charge >= 0.3 is 5.97 Å². The highest BCUT2D eigenvalue weighted by atomic mass is 32.1. The zero-order valence-corrected chi connectivity index (χ0v) is 23.5. The molecule has 2 aromatic carbocycles. The zero-order chi connectivity index (χ0) is 27.7. The van der Waals surface area contributed by atoms with Crippen LogP contribution in [0.25, 0.3) is 17.0 Å². The number of aryl methyl sites for hydroxylation is 1. The molecule has 0 saturated carbocycles. The standard InChI is InChI=1S/C30H31N3O5S/c1-6-36-23-14-13-19(15-24(23)37-7-2)27-26(29(35)38-8-3)18(5)32-30-33(27)28(34)25(39-30)16-21-17(4)31-22-12-10-9-11-20(21)22/h9-16,27,31H,6-8H2,1-5H3/b25-16-. The largest absolute Gasteiger partial charge is 0.490 e. The number of carbonyl (C=O) groups is 1. The number of benzene rings is 2. The van der Waals surface area contributed by atoms with E-state index in [-0.39, 0.29) is 12.2 Å². The van der Waals surface area contributed by atoms with Crippen LogP contribution < -0.4 is 24.4 Å². The summed E-state index contributed by atoms with van der Waals surface area (Å²) in [5.41, 5.74) is 4.24. The predicted molar refractivity (Wildman–Crippen MR) is 152 cm³/mol. The summed E-state index contributed by atoms with van der Waals surface area (Å²) in [6.45, 7) is 10.5. The number of para-hydroxylation sites is 1. The topological polar surface area (TPSA) is 94.9 Å². The molecule has 39 heavy (non-hydrogen) atoms. The number of carbonyl (C=O) groups excluding carboxylic acids is 1. The van der Waals surface area contributed by atoms with Crippen molar-refractivity contribution < 1.29 is 19.0 Å². The number of esters is 1. The highest BCUT2D eigenvalue weighted by Crippen LogP contribution is 2.36. The highest BCUT2D eigenvalue weighted by Gasteiger charge is 2.34. The number of aromatic nitrogens is 2. The van der Waals surface area contributed by atoms with E-state index in [9.17, 15) is 9.59 Å². The summed E-state index contributed by atoms with van der Waals surface area (Å²) in [5, 5.41) is 1.04. The Morgan fingerprint density at radius 2 is 1.79 bits per heavy atom. The summed E-state index contributed by atoms with van der Waals surface area (Å²) in [7, 11) is 0. The van der Waals surface area contributed by atoms with E-state index in [0.29, 0.717) is 50.9 Å². The summed E-state index contributed by atoms with van der Waals surface area (Å²) < 4.78 is 19.1. The molecule has 3 heterocycles. The molecule has 0 bridgehead atoms. The number of allylic oxidation sites excluding steroid dienone is 1. The Balaban J connectivity index is 1.75. The maximum absolute atomic E-state index is 14.0. The monoisotopic (exact) mass is 545 g/mol. The summed E-state index contributed by atoms with van der Waals surface area (Å²) >= 11 is 1.30. The molecule has 1 aliphatic rings. The van der Waals surface area contributed by atoms with Crippen molar-refractivity contribution in [2.75, 3.05) is 19.8 Å². The van der Waals surface area contributed by atoms with Crippen LogP contribution in [-0.2, 0) is 9.53 Å². The average Bonchev–Trinajstić information content (AvgIpc) is 3.40. The van der Waals surface area contributed by atoms with Gasteiger partial charge in [0.15, 0.2) is 16.3 Å². The Morgan fingerprint density at radius 3 is 2.54 bits per heavy atom. The molecule has 1 aliphatic heterocycles. The zero-order valence-electron chi connectivity index (χ0n) is 22.7. The van der Waals surface area contributed by atoms with E-state index in [1.165, 1.54) is 11.3 Å². The Labute approximate surface area is 229 Å². The highest BCUT2D eigenvalue weighted by molar-refractivity contribution is 7.07. The lowest BCUT2D eigenvalue weighted by molar-refractivity contribution is -0.139. The fourth-order valence-electron chi connectivity index (χ4n) is 4.96. The van der Waals surface area contributed by atoms with E-state index in [4.69, 9.17) is 14.2 Å². The third-order valence-electron chi connectivity index (χ3n) is 6.62. The summed E-state index contributed by atoms with van der Waals surface area (Å²) in [6.07, 6.45) is 1.91.